The summed E-state index contributed by atoms with van der Waals surface area (Å²) in [5.74, 6) is 0. The summed E-state index contributed by atoms with van der Waals surface area (Å²) in [6.45, 7) is 11.9. The van der Waals surface area contributed by atoms with Gasteiger partial charge in [-0.3, -0.25) is 4.90 Å². The van der Waals surface area contributed by atoms with E-state index < -0.39 is 0 Å². The van der Waals surface area contributed by atoms with Gasteiger partial charge in [-0.25, -0.2) is 0 Å². The molecule has 78 valence electrons. The van der Waals surface area contributed by atoms with Crippen LogP contribution in [-0.4, -0.2) is 24.0 Å². The molecule has 13 heavy (non-hydrogen) atoms. The molecule has 1 heterocycles. The van der Waals surface area contributed by atoms with E-state index in [1.165, 1.54) is 38.8 Å². The van der Waals surface area contributed by atoms with Crippen LogP contribution >= 0.6 is 0 Å². The average Bonchev–Trinajstić information content (AvgIpc) is 2.34. The second kappa shape index (κ2) is 4.45. The molecule has 0 amide bonds. The second-order valence-corrected chi connectivity index (χ2v) is 5.62. The van der Waals surface area contributed by atoms with E-state index in [4.69, 9.17) is 0 Å². The van der Waals surface area contributed by atoms with Gasteiger partial charge in [-0.2, -0.15) is 0 Å². The first-order valence-electron chi connectivity index (χ1n) is 5.77. The molecule has 1 heteroatoms. The fourth-order valence-corrected chi connectivity index (χ4v) is 2.37. The van der Waals surface area contributed by atoms with Gasteiger partial charge in [0.25, 0.3) is 0 Å². The lowest BCUT2D eigenvalue weighted by Crippen LogP contribution is -2.36. The highest BCUT2D eigenvalue weighted by Crippen LogP contribution is 2.25. The maximum Gasteiger partial charge on any atom is 0.00958 e. The number of nitrogens with zero attached hydrogens (tertiary/aromatic N) is 1. The fraction of sp³-hybridized carbons (Fsp3) is 1.00. The Labute approximate surface area is 83.5 Å². The molecule has 1 unspecified atom stereocenters. The molecule has 1 nitrogen and oxygen atoms in total. The van der Waals surface area contributed by atoms with Gasteiger partial charge in [0.1, 0.15) is 0 Å². The summed E-state index contributed by atoms with van der Waals surface area (Å²) < 4.78 is 0. The Morgan fingerprint density at radius 1 is 1.31 bits per heavy atom. The Balaban J connectivity index is 2.39. The van der Waals surface area contributed by atoms with Gasteiger partial charge < -0.3 is 0 Å². The van der Waals surface area contributed by atoms with Crippen LogP contribution in [0.5, 0.6) is 0 Å². The van der Waals surface area contributed by atoms with E-state index >= 15 is 0 Å². The highest BCUT2D eigenvalue weighted by molar-refractivity contribution is 4.81. The van der Waals surface area contributed by atoms with Crippen molar-refractivity contribution in [2.75, 3.05) is 13.1 Å². The Hall–Kier alpha value is -0.0400. The number of hydrogen-bond donors (Lipinski definition) is 0. The first-order chi connectivity index (χ1) is 6.03. The molecule has 0 aromatic rings. The number of likely N-dealkylation sites (tertiary alicyclic amines) is 1. The van der Waals surface area contributed by atoms with Gasteiger partial charge in [-0.1, -0.05) is 34.1 Å². The Kier molecular flexibility index (Phi) is 3.78. The zero-order valence-corrected chi connectivity index (χ0v) is 9.77. The molecule has 1 saturated heterocycles. The normalized spacial score (nSPS) is 25.4. The molecule has 1 fully saturated rings. The molecule has 1 rings (SSSR count). The smallest absolute Gasteiger partial charge is 0.00958 e. The molecule has 0 saturated carbocycles. The minimum atomic E-state index is 0.469. The van der Waals surface area contributed by atoms with E-state index in [-0.39, 0.29) is 0 Å². The van der Waals surface area contributed by atoms with E-state index in [1.54, 1.807) is 0 Å². The van der Waals surface area contributed by atoms with Crippen LogP contribution in [0, 0.1) is 5.41 Å². The molecule has 0 spiro atoms. The molecule has 0 radical (unpaired) electrons. The lowest BCUT2D eigenvalue weighted by Gasteiger charge is -2.31. The van der Waals surface area contributed by atoms with Gasteiger partial charge in [0.05, 0.1) is 0 Å². The van der Waals surface area contributed by atoms with Crippen LogP contribution in [0.15, 0.2) is 0 Å². The first-order valence-corrected chi connectivity index (χ1v) is 5.77. The number of hydrogen-bond acceptors (Lipinski definition) is 1. The molecule has 0 aromatic carbocycles. The SMILES string of the molecule is CCCC1CCCN1CC(C)(C)C. The monoisotopic (exact) mass is 183 g/mol. The summed E-state index contributed by atoms with van der Waals surface area (Å²) in [5, 5.41) is 0. The van der Waals surface area contributed by atoms with Crippen molar-refractivity contribution in [1.29, 1.82) is 0 Å². The summed E-state index contributed by atoms with van der Waals surface area (Å²) >= 11 is 0. The van der Waals surface area contributed by atoms with E-state index in [0.29, 0.717) is 5.41 Å². The summed E-state index contributed by atoms with van der Waals surface area (Å²) in [5.41, 5.74) is 0.469. The van der Waals surface area contributed by atoms with Gasteiger partial charge in [-0.15, -0.1) is 0 Å². The quantitative estimate of drug-likeness (QED) is 0.649. The van der Waals surface area contributed by atoms with Crippen molar-refractivity contribution in [2.24, 2.45) is 5.41 Å². The summed E-state index contributed by atoms with van der Waals surface area (Å²) in [4.78, 5) is 2.70. The van der Waals surface area contributed by atoms with Gasteiger partial charge in [-0.05, 0) is 31.2 Å². The van der Waals surface area contributed by atoms with Crippen molar-refractivity contribution in [3.63, 3.8) is 0 Å². The number of rotatable bonds is 3. The van der Waals surface area contributed by atoms with Crippen LogP contribution in [0.4, 0.5) is 0 Å². The summed E-state index contributed by atoms with van der Waals surface area (Å²) in [6, 6.07) is 0.893. The van der Waals surface area contributed by atoms with Gasteiger partial charge in [0.2, 0.25) is 0 Å². The van der Waals surface area contributed by atoms with Crippen LogP contribution < -0.4 is 0 Å². The van der Waals surface area contributed by atoms with Crippen molar-refractivity contribution in [2.45, 2.75) is 59.4 Å². The molecule has 1 atom stereocenters. The predicted octanol–water partition coefficient (Wildman–Crippen LogP) is 3.30. The molecular formula is C12H25N. The maximum absolute atomic E-state index is 2.70. The van der Waals surface area contributed by atoms with Gasteiger partial charge >= 0.3 is 0 Å². The van der Waals surface area contributed by atoms with E-state index in [1.807, 2.05) is 0 Å². The maximum atomic E-state index is 2.70. The standard InChI is InChI=1S/C12H25N/c1-5-7-11-8-6-9-13(11)10-12(2,3)4/h11H,5-10H2,1-4H3. The second-order valence-electron chi connectivity index (χ2n) is 5.62. The van der Waals surface area contributed by atoms with Crippen molar-refractivity contribution in [1.82, 2.24) is 4.90 Å². The molecule has 0 aliphatic carbocycles. The van der Waals surface area contributed by atoms with Crippen molar-refractivity contribution in [3.05, 3.63) is 0 Å². The van der Waals surface area contributed by atoms with E-state index in [0.717, 1.165) is 6.04 Å². The Morgan fingerprint density at radius 2 is 2.00 bits per heavy atom. The Morgan fingerprint density at radius 3 is 2.54 bits per heavy atom. The lowest BCUT2D eigenvalue weighted by molar-refractivity contribution is 0.170. The van der Waals surface area contributed by atoms with Crippen LogP contribution in [0.25, 0.3) is 0 Å². The third-order valence-corrected chi connectivity index (χ3v) is 2.80. The van der Waals surface area contributed by atoms with E-state index in [9.17, 15) is 0 Å². The summed E-state index contributed by atoms with van der Waals surface area (Å²) in [6.07, 6.45) is 5.59. The third kappa shape index (κ3) is 3.68. The Bertz CT molecular complexity index is 146. The molecular weight excluding hydrogens is 158 g/mol. The average molecular weight is 183 g/mol. The van der Waals surface area contributed by atoms with Crippen LogP contribution in [0.3, 0.4) is 0 Å². The van der Waals surface area contributed by atoms with Crippen molar-refractivity contribution >= 4 is 0 Å². The van der Waals surface area contributed by atoms with Crippen molar-refractivity contribution < 1.29 is 0 Å². The lowest BCUT2D eigenvalue weighted by atomic mass is 9.95. The van der Waals surface area contributed by atoms with Gasteiger partial charge in [0, 0.05) is 12.6 Å². The largest absolute Gasteiger partial charge is 0.300 e. The zero-order chi connectivity index (χ0) is 9.90. The molecule has 1 aliphatic rings. The zero-order valence-electron chi connectivity index (χ0n) is 9.77. The molecule has 0 bridgehead atoms. The van der Waals surface area contributed by atoms with Gasteiger partial charge in [0.15, 0.2) is 0 Å². The van der Waals surface area contributed by atoms with E-state index in [2.05, 4.69) is 32.6 Å². The minimum Gasteiger partial charge on any atom is -0.300 e. The highest BCUT2D eigenvalue weighted by Gasteiger charge is 2.26. The predicted molar refractivity (Wildman–Crippen MR) is 59.0 cm³/mol. The molecule has 1 aliphatic heterocycles. The van der Waals surface area contributed by atoms with Crippen molar-refractivity contribution in [3.8, 4) is 0 Å². The van der Waals surface area contributed by atoms with Crippen LogP contribution in [0.1, 0.15) is 53.4 Å². The minimum absolute atomic E-state index is 0.469. The van der Waals surface area contributed by atoms with Crippen LogP contribution in [0.2, 0.25) is 0 Å². The summed E-state index contributed by atoms with van der Waals surface area (Å²) in [7, 11) is 0. The third-order valence-electron chi connectivity index (χ3n) is 2.80. The first kappa shape index (κ1) is 11.0. The fourth-order valence-electron chi connectivity index (χ4n) is 2.37. The topological polar surface area (TPSA) is 3.24 Å². The highest BCUT2D eigenvalue weighted by atomic mass is 15.2. The molecule has 0 N–H and O–H groups in total. The van der Waals surface area contributed by atoms with Crippen LogP contribution in [-0.2, 0) is 0 Å². The molecule has 0 aromatic heterocycles.